The number of ether oxygens (including phenoxy) is 1. The summed E-state index contributed by atoms with van der Waals surface area (Å²) in [4.78, 5) is 15.2. The monoisotopic (exact) mass is 416 g/mol. The van der Waals surface area contributed by atoms with E-state index >= 15 is 0 Å². The number of para-hydroxylation sites is 2. The number of methoxy groups -OCH3 is 1. The summed E-state index contributed by atoms with van der Waals surface area (Å²) in [5, 5.41) is 3.03. The van der Waals surface area contributed by atoms with Crippen LogP contribution in [0.3, 0.4) is 0 Å². The highest BCUT2D eigenvalue weighted by Gasteiger charge is 2.23. The minimum absolute atomic E-state index is 0.0940. The first-order chi connectivity index (χ1) is 14.8. The van der Waals surface area contributed by atoms with E-state index in [1.807, 2.05) is 47.4 Å². The molecular formula is C27H32N2O2. The fourth-order valence-electron chi connectivity index (χ4n) is 3.54. The third kappa shape index (κ3) is 5.66. The standard InChI is InChI=1S/C27H32N2O2/c1-20(22-11-7-6-8-12-22)29(19-21-15-17-23(18-16-21)27(2,3)4)26(30)28-24-13-9-10-14-25(24)31-5/h6-18,20H,19H2,1-5H3,(H,28,30). The number of anilines is 1. The molecule has 0 aromatic heterocycles. The fourth-order valence-corrected chi connectivity index (χ4v) is 3.54. The molecule has 4 nitrogen and oxygen atoms in total. The van der Waals surface area contributed by atoms with Gasteiger partial charge in [0.05, 0.1) is 18.8 Å². The molecule has 0 saturated heterocycles. The molecule has 1 N–H and O–H groups in total. The lowest BCUT2D eigenvalue weighted by Gasteiger charge is -2.30. The Hall–Kier alpha value is -3.27. The summed E-state index contributed by atoms with van der Waals surface area (Å²) in [6.07, 6.45) is 0. The molecule has 31 heavy (non-hydrogen) atoms. The number of hydrogen-bond donors (Lipinski definition) is 1. The number of carbonyl (C=O) groups is 1. The second-order valence-corrected chi connectivity index (χ2v) is 8.79. The molecule has 0 heterocycles. The third-order valence-corrected chi connectivity index (χ3v) is 5.53. The Labute approximate surface area is 185 Å². The van der Waals surface area contributed by atoms with Gasteiger partial charge in [0.15, 0.2) is 0 Å². The van der Waals surface area contributed by atoms with Gasteiger partial charge in [0.25, 0.3) is 0 Å². The van der Waals surface area contributed by atoms with E-state index in [1.54, 1.807) is 7.11 Å². The maximum absolute atomic E-state index is 13.4. The summed E-state index contributed by atoms with van der Waals surface area (Å²) in [6.45, 7) is 9.16. The lowest BCUT2D eigenvalue weighted by Crippen LogP contribution is -2.36. The Morgan fingerprint density at radius 3 is 2.16 bits per heavy atom. The van der Waals surface area contributed by atoms with Gasteiger partial charge in [0.1, 0.15) is 5.75 Å². The second kappa shape index (κ2) is 9.69. The summed E-state index contributed by atoms with van der Waals surface area (Å²) in [5.74, 6) is 0.637. The van der Waals surface area contributed by atoms with Gasteiger partial charge >= 0.3 is 6.03 Å². The predicted octanol–water partition coefficient (Wildman–Crippen LogP) is 6.79. The van der Waals surface area contributed by atoms with E-state index in [9.17, 15) is 4.79 Å². The molecule has 0 radical (unpaired) electrons. The first-order valence-corrected chi connectivity index (χ1v) is 10.6. The van der Waals surface area contributed by atoms with E-state index in [4.69, 9.17) is 4.74 Å². The second-order valence-electron chi connectivity index (χ2n) is 8.79. The van der Waals surface area contributed by atoms with Crippen LogP contribution < -0.4 is 10.1 Å². The molecule has 3 rings (SSSR count). The highest BCUT2D eigenvalue weighted by Crippen LogP contribution is 2.28. The summed E-state index contributed by atoms with van der Waals surface area (Å²) in [6, 6.07) is 25.8. The molecule has 0 aliphatic carbocycles. The average Bonchev–Trinajstić information content (AvgIpc) is 2.77. The number of hydrogen-bond acceptors (Lipinski definition) is 2. The van der Waals surface area contributed by atoms with Crippen molar-refractivity contribution < 1.29 is 9.53 Å². The molecule has 0 aliphatic heterocycles. The van der Waals surface area contributed by atoms with Gasteiger partial charge in [-0.15, -0.1) is 0 Å². The van der Waals surface area contributed by atoms with Crippen LogP contribution in [-0.4, -0.2) is 18.0 Å². The van der Waals surface area contributed by atoms with Crippen LogP contribution >= 0.6 is 0 Å². The molecule has 4 heteroatoms. The molecule has 0 bridgehead atoms. The van der Waals surface area contributed by atoms with E-state index in [-0.39, 0.29) is 17.5 Å². The highest BCUT2D eigenvalue weighted by molar-refractivity contribution is 5.91. The van der Waals surface area contributed by atoms with Crippen molar-refractivity contribution in [1.82, 2.24) is 4.90 Å². The molecule has 1 unspecified atom stereocenters. The minimum atomic E-state index is -0.166. The normalized spacial score (nSPS) is 12.2. The topological polar surface area (TPSA) is 41.6 Å². The van der Waals surface area contributed by atoms with E-state index in [0.717, 1.165) is 11.1 Å². The number of nitrogens with zero attached hydrogens (tertiary/aromatic N) is 1. The van der Waals surface area contributed by atoms with Gasteiger partial charge in [0, 0.05) is 6.54 Å². The van der Waals surface area contributed by atoms with Gasteiger partial charge in [-0.3, -0.25) is 0 Å². The minimum Gasteiger partial charge on any atom is -0.495 e. The van der Waals surface area contributed by atoms with E-state index in [0.29, 0.717) is 18.0 Å². The number of amides is 2. The van der Waals surface area contributed by atoms with Crippen LogP contribution in [0.2, 0.25) is 0 Å². The Bertz CT molecular complexity index is 992. The number of nitrogens with one attached hydrogen (secondary N) is 1. The molecule has 0 aliphatic rings. The zero-order valence-electron chi connectivity index (χ0n) is 19.1. The van der Waals surface area contributed by atoms with Gasteiger partial charge in [0.2, 0.25) is 0 Å². The lowest BCUT2D eigenvalue weighted by atomic mass is 9.86. The maximum Gasteiger partial charge on any atom is 0.322 e. The maximum atomic E-state index is 13.4. The fraction of sp³-hybridized carbons (Fsp3) is 0.296. The van der Waals surface area contributed by atoms with Crippen LogP contribution in [-0.2, 0) is 12.0 Å². The Kier molecular flexibility index (Phi) is 7.01. The number of urea groups is 1. The Morgan fingerprint density at radius 1 is 0.935 bits per heavy atom. The third-order valence-electron chi connectivity index (χ3n) is 5.53. The van der Waals surface area contributed by atoms with E-state index in [2.05, 4.69) is 69.4 Å². The van der Waals surface area contributed by atoms with Crippen molar-refractivity contribution >= 4 is 11.7 Å². The molecule has 0 saturated carbocycles. The van der Waals surface area contributed by atoms with Crippen LogP contribution in [0.5, 0.6) is 5.75 Å². The summed E-state index contributed by atoms with van der Waals surface area (Å²) >= 11 is 0. The van der Waals surface area contributed by atoms with Crippen molar-refractivity contribution in [3.8, 4) is 5.75 Å². The van der Waals surface area contributed by atoms with Crippen molar-refractivity contribution in [3.05, 3.63) is 95.6 Å². The van der Waals surface area contributed by atoms with Crippen molar-refractivity contribution in [2.45, 2.75) is 45.7 Å². The number of benzene rings is 3. The van der Waals surface area contributed by atoms with Crippen LogP contribution in [0.4, 0.5) is 10.5 Å². The van der Waals surface area contributed by atoms with Gasteiger partial charge in [-0.2, -0.15) is 0 Å². The zero-order chi connectivity index (χ0) is 22.4. The van der Waals surface area contributed by atoms with Gasteiger partial charge < -0.3 is 15.0 Å². The van der Waals surface area contributed by atoms with Crippen molar-refractivity contribution in [1.29, 1.82) is 0 Å². The van der Waals surface area contributed by atoms with E-state index < -0.39 is 0 Å². The molecule has 0 fully saturated rings. The Morgan fingerprint density at radius 2 is 1.55 bits per heavy atom. The van der Waals surface area contributed by atoms with Crippen LogP contribution in [0.1, 0.15) is 50.4 Å². The average molecular weight is 417 g/mol. The molecule has 3 aromatic rings. The summed E-state index contributed by atoms with van der Waals surface area (Å²) in [5.41, 5.74) is 4.20. The molecule has 2 amide bonds. The smallest absolute Gasteiger partial charge is 0.322 e. The first-order valence-electron chi connectivity index (χ1n) is 10.6. The predicted molar refractivity (Wildman–Crippen MR) is 128 cm³/mol. The SMILES string of the molecule is COc1ccccc1NC(=O)N(Cc1ccc(C(C)(C)C)cc1)C(C)c1ccccc1. The van der Waals surface area contributed by atoms with E-state index in [1.165, 1.54) is 5.56 Å². The van der Waals surface area contributed by atoms with Crippen LogP contribution in [0, 0.1) is 0 Å². The van der Waals surface area contributed by atoms with Crippen molar-refractivity contribution in [3.63, 3.8) is 0 Å². The lowest BCUT2D eigenvalue weighted by molar-refractivity contribution is 0.189. The van der Waals surface area contributed by atoms with Crippen LogP contribution in [0.15, 0.2) is 78.9 Å². The highest BCUT2D eigenvalue weighted by atomic mass is 16.5. The quantitative estimate of drug-likeness (QED) is 0.481. The van der Waals surface area contributed by atoms with Gasteiger partial charge in [-0.1, -0.05) is 87.5 Å². The van der Waals surface area contributed by atoms with Gasteiger partial charge in [-0.05, 0) is 41.2 Å². The molecule has 162 valence electrons. The van der Waals surface area contributed by atoms with Crippen molar-refractivity contribution in [2.24, 2.45) is 0 Å². The largest absolute Gasteiger partial charge is 0.495 e. The van der Waals surface area contributed by atoms with Crippen LogP contribution in [0.25, 0.3) is 0 Å². The Balaban J connectivity index is 1.88. The summed E-state index contributed by atoms with van der Waals surface area (Å²) in [7, 11) is 1.60. The molecule has 1 atom stereocenters. The molecule has 3 aromatic carbocycles. The van der Waals surface area contributed by atoms with Crippen molar-refractivity contribution in [2.75, 3.05) is 12.4 Å². The molecular weight excluding hydrogens is 384 g/mol. The summed E-state index contributed by atoms with van der Waals surface area (Å²) < 4.78 is 5.40. The van der Waals surface area contributed by atoms with Gasteiger partial charge in [-0.25, -0.2) is 4.79 Å². The zero-order valence-corrected chi connectivity index (χ0v) is 19.1. The first kappa shape index (κ1) is 22.4. The number of carbonyl (C=O) groups excluding carboxylic acids is 1. The molecule has 0 spiro atoms. The number of rotatable bonds is 6.